The summed E-state index contributed by atoms with van der Waals surface area (Å²) < 4.78 is 5.84. The number of aromatic nitrogens is 1. The highest BCUT2D eigenvalue weighted by atomic mass is 16.5. The van der Waals surface area contributed by atoms with Crippen molar-refractivity contribution in [3.63, 3.8) is 0 Å². The van der Waals surface area contributed by atoms with E-state index >= 15 is 0 Å². The van der Waals surface area contributed by atoms with Gasteiger partial charge in [-0.1, -0.05) is 0 Å². The van der Waals surface area contributed by atoms with Crippen molar-refractivity contribution in [2.24, 2.45) is 5.73 Å². The topological polar surface area (TPSA) is 51.4 Å². The van der Waals surface area contributed by atoms with Gasteiger partial charge >= 0.3 is 0 Å². The fourth-order valence-electron chi connectivity index (χ4n) is 3.33. The number of hydrogen-bond acceptors (Lipinski definition) is 4. The van der Waals surface area contributed by atoms with E-state index in [1.54, 1.807) is 0 Å². The molecule has 0 bridgehead atoms. The van der Waals surface area contributed by atoms with Crippen LogP contribution in [0.4, 0.5) is 5.82 Å². The van der Waals surface area contributed by atoms with E-state index in [0.29, 0.717) is 12.6 Å². The van der Waals surface area contributed by atoms with E-state index in [2.05, 4.69) is 18.0 Å². The van der Waals surface area contributed by atoms with Crippen molar-refractivity contribution in [2.75, 3.05) is 25.1 Å². The number of hydrogen-bond donors (Lipinski definition) is 1. The summed E-state index contributed by atoms with van der Waals surface area (Å²) in [4.78, 5) is 7.11. The Kier molecular flexibility index (Phi) is 4.22. The Morgan fingerprint density at radius 1 is 1.35 bits per heavy atom. The van der Waals surface area contributed by atoms with Crippen LogP contribution in [0.3, 0.4) is 0 Å². The average Bonchev–Trinajstić information content (AvgIpc) is 2.94. The molecule has 1 atom stereocenters. The summed E-state index contributed by atoms with van der Waals surface area (Å²) in [6.07, 6.45) is 7.48. The number of aryl methyl sites for hydroxylation is 2. The number of rotatable bonds is 4. The molecule has 0 spiro atoms. The lowest BCUT2D eigenvalue weighted by Gasteiger charge is -2.29. The lowest BCUT2D eigenvalue weighted by molar-refractivity contribution is 0.0215. The first-order valence-corrected chi connectivity index (χ1v) is 7.82. The summed E-state index contributed by atoms with van der Waals surface area (Å²) in [6, 6.07) is 2.27. The molecule has 1 unspecified atom stereocenters. The SMILES string of the molecule is CN(CC1CCCCO1)c1nc2c(cc1CN)CCC2. The van der Waals surface area contributed by atoms with E-state index in [1.807, 2.05) is 0 Å². The molecule has 2 aliphatic rings. The number of anilines is 1. The van der Waals surface area contributed by atoms with Gasteiger partial charge in [0.2, 0.25) is 0 Å². The highest BCUT2D eigenvalue weighted by molar-refractivity contribution is 5.50. The molecular weight excluding hydrogens is 250 g/mol. The molecule has 1 aliphatic carbocycles. The van der Waals surface area contributed by atoms with Crippen molar-refractivity contribution in [3.8, 4) is 0 Å². The van der Waals surface area contributed by atoms with Gasteiger partial charge in [-0.3, -0.25) is 0 Å². The molecule has 20 heavy (non-hydrogen) atoms. The van der Waals surface area contributed by atoms with Gasteiger partial charge < -0.3 is 15.4 Å². The summed E-state index contributed by atoms with van der Waals surface area (Å²) in [5.74, 6) is 1.06. The molecule has 4 nitrogen and oxygen atoms in total. The molecule has 1 aromatic heterocycles. The van der Waals surface area contributed by atoms with Crippen molar-refractivity contribution in [2.45, 2.75) is 51.2 Å². The molecule has 3 rings (SSSR count). The highest BCUT2D eigenvalue weighted by Gasteiger charge is 2.21. The van der Waals surface area contributed by atoms with Gasteiger partial charge in [-0.25, -0.2) is 4.98 Å². The van der Waals surface area contributed by atoms with Gasteiger partial charge in [0.05, 0.1) is 6.10 Å². The fourth-order valence-corrected chi connectivity index (χ4v) is 3.33. The molecule has 110 valence electrons. The van der Waals surface area contributed by atoms with Crippen LogP contribution in [-0.4, -0.2) is 31.3 Å². The summed E-state index contributed by atoms with van der Waals surface area (Å²) in [5, 5.41) is 0. The molecule has 1 aliphatic heterocycles. The third-order valence-electron chi connectivity index (χ3n) is 4.44. The van der Waals surface area contributed by atoms with E-state index in [-0.39, 0.29) is 0 Å². The van der Waals surface area contributed by atoms with E-state index < -0.39 is 0 Å². The van der Waals surface area contributed by atoms with Crippen LogP contribution >= 0.6 is 0 Å². The number of likely N-dealkylation sites (N-methyl/N-ethyl adjacent to an activating group) is 1. The second kappa shape index (κ2) is 6.10. The normalized spacial score (nSPS) is 21.8. The van der Waals surface area contributed by atoms with Gasteiger partial charge in [-0.15, -0.1) is 0 Å². The molecule has 1 saturated heterocycles. The van der Waals surface area contributed by atoms with Crippen LogP contribution in [0, 0.1) is 0 Å². The largest absolute Gasteiger partial charge is 0.376 e. The Labute approximate surface area is 121 Å². The van der Waals surface area contributed by atoms with Crippen LogP contribution in [0.15, 0.2) is 6.07 Å². The Bertz CT molecular complexity index is 469. The van der Waals surface area contributed by atoms with Crippen molar-refractivity contribution < 1.29 is 4.74 Å². The van der Waals surface area contributed by atoms with Gasteiger partial charge in [0.1, 0.15) is 5.82 Å². The number of ether oxygens (including phenoxy) is 1. The molecule has 4 heteroatoms. The molecule has 2 N–H and O–H groups in total. The van der Waals surface area contributed by atoms with E-state index in [9.17, 15) is 0 Å². The van der Waals surface area contributed by atoms with Crippen LogP contribution in [0.1, 0.15) is 42.5 Å². The monoisotopic (exact) mass is 275 g/mol. The number of nitrogens with zero attached hydrogens (tertiary/aromatic N) is 2. The minimum Gasteiger partial charge on any atom is -0.376 e. The molecule has 1 aromatic rings. The average molecular weight is 275 g/mol. The predicted octanol–water partition coefficient (Wildman–Crippen LogP) is 2.03. The zero-order chi connectivity index (χ0) is 13.9. The minimum absolute atomic E-state index is 0.342. The minimum atomic E-state index is 0.342. The van der Waals surface area contributed by atoms with Crippen molar-refractivity contribution in [1.29, 1.82) is 0 Å². The predicted molar refractivity (Wildman–Crippen MR) is 81.0 cm³/mol. The molecular formula is C16H25N3O. The zero-order valence-corrected chi connectivity index (χ0v) is 12.4. The lowest BCUT2D eigenvalue weighted by Crippen LogP contribution is -2.34. The maximum atomic E-state index is 5.92. The summed E-state index contributed by atoms with van der Waals surface area (Å²) >= 11 is 0. The molecule has 0 aromatic carbocycles. The Morgan fingerprint density at radius 2 is 2.25 bits per heavy atom. The standard InChI is InChI=1S/C16H25N3O/c1-19(11-14-6-2-3-8-20-14)16-13(10-17)9-12-5-4-7-15(12)18-16/h9,14H,2-8,10-11,17H2,1H3. The van der Waals surface area contributed by atoms with Crippen LogP contribution in [0.5, 0.6) is 0 Å². The third kappa shape index (κ3) is 2.81. The highest BCUT2D eigenvalue weighted by Crippen LogP contribution is 2.27. The second-order valence-electron chi connectivity index (χ2n) is 6.00. The summed E-state index contributed by atoms with van der Waals surface area (Å²) in [7, 11) is 2.11. The molecule has 0 radical (unpaired) electrons. The van der Waals surface area contributed by atoms with Gasteiger partial charge in [0.25, 0.3) is 0 Å². The first-order chi connectivity index (χ1) is 9.78. The number of nitrogens with two attached hydrogens (primary N) is 1. The molecule has 0 amide bonds. The second-order valence-corrected chi connectivity index (χ2v) is 6.00. The fraction of sp³-hybridized carbons (Fsp3) is 0.688. The molecule has 0 saturated carbocycles. The number of pyridine rings is 1. The Hall–Kier alpha value is -1.13. The van der Waals surface area contributed by atoms with Gasteiger partial charge in [0, 0.05) is 38.0 Å². The maximum absolute atomic E-state index is 5.92. The van der Waals surface area contributed by atoms with E-state index in [1.165, 1.54) is 36.1 Å². The maximum Gasteiger partial charge on any atom is 0.133 e. The van der Waals surface area contributed by atoms with E-state index in [0.717, 1.165) is 38.2 Å². The number of fused-ring (bicyclic) bond motifs is 1. The van der Waals surface area contributed by atoms with Crippen LogP contribution in [0.2, 0.25) is 0 Å². The summed E-state index contributed by atoms with van der Waals surface area (Å²) in [6.45, 7) is 2.38. The van der Waals surface area contributed by atoms with Crippen molar-refractivity contribution in [1.82, 2.24) is 4.98 Å². The molecule has 1 fully saturated rings. The molecule has 2 heterocycles. The third-order valence-corrected chi connectivity index (χ3v) is 4.44. The Morgan fingerprint density at radius 3 is 3.00 bits per heavy atom. The zero-order valence-electron chi connectivity index (χ0n) is 12.4. The lowest BCUT2D eigenvalue weighted by atomic mass is 10.1. The van der Waals surface area contributed by atoms with Gasteiger partial charge in [0.15, 0.2) is 0 Å². The van der Waals surface area contributed by atoms with Gasteiger partial charge in [-0.2, -0.15) is 0 Å². The van der Waals surface area contributed by atoms with Crippen LogP contribution < -0.4 is 10.6 Å². The smallest absolute Gasteiger partial charge is 0.133 e. The van der Waals surface area contributed by atoms with Gasteiger partial charge in [-0.05, 0) is 50.2 Å². The van der Waals surface area contributed by atoms with Crippen molar-refractivity contribution in [3.05, 3.63) is 22.9 Å². The quantitative estimate of drug-likeness (QED) is 0.913. The van der Waals surface area contributed by atoms with Crippen LogP contribution in [-0.2, 0) is 24.1 Å². The Balaban J connectivity index is 1.77. The van der Waals surface area contributed by atoms with Crippen molar-refractivity contribution >= 4 is 5.82 Å². The first kappa shape index (κ1) is 13.8. The first-order valence-electron chi connectivity index (χ1n) is 7.82. The van der Waals surface area contributed by atoms with E-state index in [4.69, 9.17) is 15.5 Å². The summed E-state index contributed by atoms with van der Waals surface area (Å²) in [5.41, 5.74) is 9.76. The van der Waals surface area contributed by atoms with Crippen LogP contribution in [0.25, 0.3) is 0 Å².